The van der Waals surface area contributed by atoms with Crippen LogP contribution in [-0.4, -0.2) is 41.9 Å². The molecule has 28 heavy (non-hydrogen) atoms. The Kier molecular flexibility index (Phi) is 4.84. The number of fused-ring (bicyclic) bond motifs is 1. The molecule has 144 valence electrons. The van der Waals surface area contributed by atoms with E-state index in [1.54, 1.807) is 42.5 Å². The summed E-state index contributed by atoms with van der Waals surface area (Å²) in [6.07, 6.45) is 1.94. The van der Waals surface area contributed by atoms with E-state index in [1.165, 1.54) is 10.8 Å². The summed E-state index contributed by atoms with van der Waals surface area (Å²) in [5.74, 6) is -0.0985. The summed E-state index contributed by atoms with van der Waals surface area (Å²) in [5.41, 5.74) is 0.562. The zero-order valence-electron chi connectivity index (χ0n) is 14.7. The van der Waals surface area contributed by atoms with Gasteiger partial charge in [0.1, 0.15) is 0 Å². The molecule has 2 aromatic carbocycles. The average molecular weight is 461 g/mol. The van der Waals surface area contributed by atoms with Crippen LogP contribution in [0.1, 0.15) is 12.0 Å². The highest BCUT2D eigenvalue weighted by molar-refractivity contribution is 9.10. The van der Waals surface area contributed by atoms with Gasteiger partial charge in [0.25, 0.3) is 5.56 Å². The van der Waals surface area contributed by atoms with Crippen LogP contribution in [0.3, 0.4) is 0 Å². The van der Waals surface area contributed by atoms with Crippen LogP contribution in [0, 0.1) is 0 Å². The Morgan fingerprint density at radius 3 is 2.57 bits per heavy atom. The first-order valence-electron chi connectivity index (χ1n) is 8.72. The van der Waals surface area contributed by atoms with Crippen molar-refractivity contribution in [3.05, 3.63) is 68.9 Å². The fraction of sp³-hybridized carbons (Fsp3) is 0.200. The fourth-order valence-corrected chi connectivity index (χ4v) is 5.44. The second-order valence-corrected chi connectivity index (χ2v) is 9.88. The van der Waals surface area contributed by atoms with E-state index in [0.29, 0.717) is 28.4 Å². The van der Waals surface area contributed by atoms with Crippen LogP contribution in [0.25, 0.3) is 16.5 Å². The minimum absolute atomic E-state index is 0.00741. The third kappa shape index (κ3) is 3.49. The first-order valence-corrected chi connectivity index (χ1v) is 11.3. The molecule has 0 spiro atoms. The predicted octanol–water partition coefficient (Wildman–Crippen LogP) is 3.06. The van der Waals surface area contributed by atoms with Crippen molar-refractivity contribution in [1.29, 1.82) is 0 Å². The number of hydrogen-bond acceptors (Lipinski definition) is 5. The number of aliphatic imine (C=N–C) groups is 1. The average Bonchev–Trinajstić information content (AvgIpc) is 3.01. The Morgan fingerprint density at radius 1 is 1.14 bits per heavy atom. The van der Waals surface area contributed by atoms with Gasteiger partial charge in [-0.1, -0.05) is 40.2 Å². The summed E-state index contributed by atoms with van der Waals surface area (Å²) >= 11 is 3.38. The maximum absolute atomic E-state index is 13.0. The fourth-order valence-electron chi connectivity index (χ4n) is 3.42. The quantitative estimate of drug-likeness (QED) is 0.608. The lowest BCUT2D eigenvalue weighted by molar-refractivity contribution is 0.436. The lowest BCUT2D eigenvalue weighted by Gasteiger charge is -2.14. The molecule has 6 nitrogen and oxygen atoms in total. The second kappa shape index (κ2) is 7.18. The second-order valence-electron chi connectivity index (χ2n) is 6.74. The molecule has 0 bridgehead atoms. The molecule has 8 heteroatoms. The molecule has 0 aliphatic carbocycles. The molecular formula is C20H17BrN2O4S. The van der Waals surface area contributed by atoms with Crippen molar-refractivity contribution in [2.75, 3.05) is 11.5 Å². The van der Waals surface area contributed by atoms with E-state index < -0.39 is 9.84 Å². The van der Waals surface area contributed by atoms with Crippen LogP contribution in [-0.2, 0) is 9.84 Å². The molecule has 3 aromatic rings. The van der Waals surface area contributed by atoms with Gasteiger partial charge < -0.3 is 5.11 Å². The standard InChI is InChI=1S/C20H17BrN2O4S/c21-13-4-3-5-15(10-13)23-19(24)17-7-2-1-6-16(17)18(20(23)25)11-22-14-8-9-28(26,27)12-14/h1-7,10-11,14,25H,8-9,12H2. The first-order chi connectivity index (χ1) is 13.4. The number of benzene rings is 2. The summed E-state index contributed by atoms with van der Waals surface area (Å²) < 4.78 is 25.4. The monoisotopic (exact) mass is 460 g/mol. The third-order valence-electron chi connectivity index (χ3n) is 4.79. The van der Waals surface area contributed by atoms with Crippen molar-refractivity contribution >= 4 is 42.8 Å². The van der Waals surface area contributed by atoms with Gasteiger partial charge in [-0.05, 0) is 30.7 Å². The highest BCUT2D eigenvalue weighted by atomic mass is 79.9. The molecule has 0 radical (unpaired) electrons. The summed E-state index contributed by atoms with van der Waals surface area (Å²) in [4.78, 5) is 17.4. The molecule has 0 saturated carbocycles. The van der Waals surface area contributed by atoms with Crippen molar-refractivity contribution in [3.8, 4) is 11.6 Å². The molecule has 1 saturated heterocycles. The highest BCUT2D eigenvalue weighted by Gasteiger charge is 2.27. The normalized spacial score (nSPS) is 18.8. The summed E-state index contributed by atoms with van der Waals surface area (Å²) in [6.45, 7) is 0. The number of aromatic nitrogens is 1. The van der Waals surface area contributed by atoms with Crippen LogP contribution in [0.5, 0.6) is 5.88 Å². The molecule has 1 aliphatic rings. The van der Waals surface area contributed by atoms with Crippen molar-refractivity contribution in [2.24, 2.45) is 4.99 Å². The molecule has 1 fully saturated rings. The molecular weight excluding hydrogens is 444 g/mol. The highest BCUT2D eigenvalue weighted by Crippen LogP contribution is 2.27. The Balaban J connectivity index is 1.92. The van der Waals surface area contributed by atoms with E-state index in [0.717, 1.165) is 4.47 Å². The number of pyridine rings is 1. The molecule has 0 amide bonds. The molecule has 1 aromatic heterocycles. The molecule has 1 unspecified atom stereocenters. The minimum atomic E-state index is -3.05. The van der Waals surface area contributed by atoms with E-state index in [9.17, 15) is 18.3 Å². The maximum atomic E-state index is 13.0. The molecule has 2 heterocycles. The largest absolute Gasteiger partial charge is 0.494 e. The summed E-state index contributed by atoms with van der Waals surface area (Å²) in [6, 6.07) is 13.7. The van der Waals surface area contributed by atoms with E-state index in [-0.39, 0.29) is 29.0 Å². The topological polar surface area (TPSA) is 88.7 Å². The number of nitrogens with zero attached hydrogens (tertiary/aromatic N) is 2. The van der Waals surface area contributed by atoms with Crippen LogP contribution in [0.2, 0.25) is 0 Å². The summed E-state index contributed by atoms with van der Waals surface area (Å²) in [7, 11) is -3.05. The Morgan fingerprint density at radius 2 is 1.89 bits per heavy atom. The number of hydrogen-bond donors (Lipinski definition) is 1. The van der Waals surface area contributed by atoms with Gasteiger partial charge in [-0.3, -0.25) is 9.79 Å². The third-order valence-corrected chi connectivity index (χ3v) is 7.04. The van der Waals surface area contributed by atoms with Gasteiger partial charge in [-0.25, -0.2) is 13.0 Å². The Bertz CT molecular complexity index is 1260. The van der Waals surface area contributed by atoms with Crippen LogP contribution < -0.4 is 5.56 Å². The number of halogens is 1. The van der Waals surface area contributed by atoms with Gasteiger partial charge in [0.2, 0.25) is 5.88 Å². The smallest absolute Gasteiger partial charge is 0.265 e. The van der Waals surface area contributed by atoms with Crippen LogP contribution >= 0.6 is 15.9 Å². The van der Waals surface area contributed by atoms with Gasteiger partial charge in [0, 0.05) is 21.5 Å². The zero-order chi connectivity index (χ0) is 19.9. The Labute approximate surface area is 170 Å². The first kappa shape index (κ1) is 18.9. The van der Waals surface area contributed by atoms with Gasteiger partial charge in [0.05, 0.1) is 28.8 Å². The lowest BCUT2D eigenvalue weighted by Crippen LogP contribution is -2.20. The van der Waals surface area contributed by atoms with E-state index >= 15 is 0 Å². The molecule has 4 rings (SSSR count). The maximum Gasteiger partial charge on any atom is 0.265 e. The van der Waals surface area contributed by atoms with E-state index in [1.807, 2.05) is 6.07 Å². The number of rotatable bonds is 3. The predicted molar refractivity (Wildman–Crippen MR) is 114 cm³/mol. The Hall–Kier alpha value is -2.45. The van der Waals surface area contributed by atoms with Gasteiger partial charge >= 0.3 is 0 Å². The van der Waals surface area contributed by atoms with Crippen molar-refractivity contribution in [3.63, 3.8) is 0 Å². The molecule has 1 aliphatic heterocycles. The van der Waals surface area contributed by atoms with Crippen molar-refractivity contribution < 1.29 is 13.5 Å². The lowest BCUT2D eigenvalue weighted by atomic mass is 10.1. The van der Waals surface area contributed by atoms with E-state index in [2.05, 4.69) is 20.9 Å². The molecule has 1 atom stereocenters. The minimum Gasteiger partial charge on any atom is -0.494 e. The number of aromatic hydroxyl groups is 1. The van der Waals surface area contributed by atoms with Crippen molar-refractivity contribution in [2.45, 2.75) is 12.5 Å². The van der Waals surface area contributed by atoms with E-state index in [4.69, 9.17) is 0 Å². The zero-order valence-corrected chi connectivity index (χ0v) is 17.1. The SMILES string of the molecule is O=c1c2ccccc2c(C=NC2CCS(=O)(=O)C2)c(O)n1-c1cccc(Br)c1. The van der Waals surface area contributed by atoms with Gasteiger partial charge in [0.15, 0.2) is 9.84 Å². The van der Waals surface area contributed by atoms with Gasteiger partial charge in [-0.2, -0.15) is 0 Å². The summed E-state index contributed by atoms with van der Waals surface area (Å²) in [5, 5.41) is 11.9. The van der Waals surface area contributed by atoms with Crippen LogP contribution in [0.4, 0.5) is 0 Å². The number of sulfone groups is 1. The van der Waals surface area contributed by atoms with Gasteiger partial charge in [-0.15, -0.1) is 0 Å². The van der Waals surface area contributed by atoms with Crippen molar-refractivity contribution in [1.82, 2.24) is 4.57 Å². The molecule has 1 N–H and O–H groups in total. The van der Waals surface area contributed by atoms with Crippen LogP contribution in [0.15, 0.2) is 62.8 Å².